The topological polar surface area (TPSA) is 127 Å². The predicted molar refractivity (Wildman–Crippen MR) is 108 cm³/mol. The Labute approximate surface area is 166 Å². The number of aromatic nitrogens is 5. The van der Waals surface area contributed by atoms with Crippen LogP contribution < -0.4 is 21.9 Å². The number of carbonyl (C=O) groups is 1. The summed E-state index contributed by atoms with van der Waals surface area (Å²) in [6.45, 7) is 3.86. The number of amides is 1. The summed E-state index contributed by atoms with van der Waals surface area (Å²) < 4.78 is 2.67. The molecule has 0 spiro atoms. The van der Waals surface area contributed by atoms with Gasteiger partial charge in [-0.3, -0.25) is 19.5 Å². The van der Waals surface area contributed by atoms with Crippen LogP contribution in [0.15, 0.2) is 27.8 Å². The van der Waals surface area contributed by atoms with Gasteiger partial charge in [0, 0.05) is 25.1 Å². The van der Waals surface area contributed by atoms with Crippen molar-refractivity contribution in [2.45, 2.75) is 32.2 Å². The van der Waals surface area contributed by atoms with E-state index in [9.17, 15) is 14.4 Å². The van der Waals surface area contributed by atoms with Gasteiger partial charge in [-0.05, 0) is 51.1 Å². The molecule has 3 aromatic rings. The third-order valence-corrected chi connectivity index (χ3v) is 5.27. The van der Waals surface area contributed by atoms with E-state index >= 15 is 0 Å². The number of nitrogens with one attached hydrogen (secondary N) is 3. The van der Waals surface area contributed by atoms with Crippen LogP contribution in [0, 0.1) is 0 Å². The van der Waals surface area contributed by atoms with Gasteiger partial charge < -0.3 is 10.3 Å². The molecule has 0 atom stereocenters. The number of hydrogen-bond acceptors (Lipinski definition) is 6. The molecule has 3 N–H and O–H groups in total. The third-order valence-electron chi connectivity index (χ3n) is 5.27. The summed E-state index contributed by atoms with van der Waals surface area (Å²) in [7, 11) is 1.73. The van der Waals surface area contributed by atoms with Crippen LogP contribution in [-0.2, 0) is 13.6 Å². The number of aromatic amines is 1. The molecule has 1 saturated heterocycles. The van der Waals surface area contributed by atoms with Crippen molar-refractivity contribution >= 4 is 22.8 Å². The molecule has 1 aliphatic rings. The maximum absolute atomic E-state index is 12.7. The summed E-state index contributed by atoms with van der Waals surface area (Å²) >= 11 is 0. The number of hydrogen-bond donors (Lipinski definition) is 3. The minimum atomic E-state index is -0.498. The van der Waals surface area contributed by atoms with Crippen LogP contribution in [0.4, 0.5) is 5.95 Å². The van der Waals surface area contributed by atoms with Crippen LogP contribution >= 0.6 is 0 Å². The molecule has 1 aliphatic heterocycles. The first-order valence-corrected chi connectivity index (χ1v) is 9.67. The summed E-state index contributed by atoms with van der Waals surface area (Å²) in [5, 5.41) is 10.9. The van der Waals surface area contributed by atoms with Gasteiger partial charge in [0.15, 0.2) is 5.82 Å². The van der Waals surface area contributed by atoms with E-state index in [0.29, 0.717) is 22.4 Å². The van der Waals surface area contributed by atoms with Crippen molar-refractivity contribution in [3.63, 3.8) is 0 Å². The summed E-state index contributed by atoms with van der Waals surface area (Å²) in [5.41, 5.74) is -0.237. The van der Waals surface area contributed by atoms with Crippen LogP contribution in [0.5, 0.6) is 0 Å². The van der Waals surface area contributed by atoms with E-state index in [-0.39, 0.29) is 23.9 Å². The predicted octanol–water partition coefficient (Wildman–Crippen LogP) is 0.558. The van der Waals surface area contributed by atoms with Gasteiger partial charge in [-0.1, -0.05) is 0 Å². The zero-order chi connectivity index (χ0) is 20.5. The lowest BCUT2D eigenvalue weighted by Gasteiger charge is -2.19. The summed E-state index contributed by atoms with van der Waals surface area (Å²) in [6, 6.07) is 4.60. The van der Waals surface area contributed by atoms with Crippen molar-refractivity contribution in [3.8, 4) is 0 Å². The fraction of sp³-hybridized carbons (Fsp3) is 0.421. The molecule has 0 bridgehead atoms. The number of carbonyl (C=O) groups excluding carboxylic acids is 1. The van der Waals surface area contributed by atoms with Gasteiger partial charge in [0.25, 0.3) is 11.5 Å². The van der Waals surface area contributed by atoms with Gasteiger partial charge in [-0.15, -0.1) is 0 Å². The van der Waals surface area contributed by atoms with Crippen molar-refractivity contribution in [3.05, 3.63) is 50.4 Å². The Hall–Kier alpha value is -3.27. The van der Waals surface area contributed by atoms with Crippen molar-refractivity contribution in [2.24, 2.45) is 7.05 Å². The molecule has 10 heteroatoms. The molecule has 10 nitrogen and oxygen atoms in total. The fourth-order valence-corrected chi connectivity index (χ4v) is 3.62. The Kier molecular flexibility index (Phi) is 5.01. The maximum atomic E-state index is 12.7. The Bertz CT molecular complexity index is 1180. The van der Waals surface area contributed by atoms with Crippen LogP contribution in [0.1, 0.15) is 41.9 Å². The van der Waals surface area contributed by atoms with Gasteiger partial charge >= 0.3 is 5.69 Å². The SMILES string of the molecule is CCn1c(=O)[nH]c2cc(C(=O)Nc3nc(C4CCNCC4)nn3C)ccc2c1=O. The zero-order valence-electron chi connectivity index (χ0n) is 16.4. The van der Waals surface area contributed by atoms with Crippen molar-refractivity contribution in [2.75, 3.05) is 18.4 Å². The Balaban J connectivity index is 1.60. The average molecular weight is 397 g/mol. The maximum Gasteiger partial charge on any atom is 0.328 e. The lowest BCUT2D eigenvalue weighted by molar-refractivity contribution is 0.102. The molecular formula is C19H23N7O3. The first-order chi connectivity index (χ1) is 14.0. The minimum Gasteiger partial charge on any atom is -0.317 e. The van der Waals surface area contributed by atoms with Crippen LogP contribution in [0.25, 0.3) is 10.9 Å². The molecular weight excluding hydrogens is 374 g/mol. The highest BCUT2D eigenvalue weighted by molar-refractivity contribution is 6.05. The van der Waals surface area contributed by atoms with E-state index in [1.807, 2.05) is 0 Å². The fourth-order valence-electron chi connectivity index (χ4n) is 3.62. The standard InChI is InChI=1S/C19H23N7O3/c1-3-26-17(28)13-5-4-12(10-14(13)21-19(26)29)16(27)23-18-22-15(24-25(18)2)11-6-8-20-9-7-11/h4-5,10-11,20H,3,6-9H2,1-2H3,(H,21,29)(H,22,23,24,27). The average Bonchev–Trinajstić information content (AvgIpc) is 3.09. The van der Waals surface area contributed by atoms with E-state index < -0.39 is 5.69 Å². The molecule has 0 radical (unpaired) electrons. The second kappa shape index (κ2) is 7.63. The highest BCUT2D eigenvalue weighted by atomic mass is 16.2. The first-order valence-electron chi connectivity index (χ1n) is 9.67. The third kappa shape index (κ3) is 3.58. The van der Waals surface area contributed by atoms with Gasteiger partial charge in [-0.2, -0.15) is 10.1 Å². The largest absolute Gasteiger partial charge is 0.328 e. The molecule has 1 fully saturated rings. The summed E-state index contributed by atoms with van der Waals surface area (Å²) in [6.07, 6.45) is 1.93. The number of fused-ring (bicyclic) bond motifs is 1. The molecule has 1 amide bonds. The smallest absolute Gasteiger partial charge is 0.317 e. The summed E-state index contributed by atoms with van der Waals surface area (Å²) in [4.78, 5) is 44.3. The first kappa shape index (κ1) is 19.1. The molecule has 0 unspecified atom stereocenters. The van der Waals surface area contributed by atoms with Gasteiger partial charge in [0.05, 0.1) is 10.9 Å². The second-order valence-corrected chi connectivity index (χ2v) is 7.14. The molecule has 4 rings (SSSR count). The van der Waals surface area contributed by atoms with Crippen molar-refractivity contribution in [1.82, 2.24) is 29.6 Å². The highest BCUT2D eigenvalue weighted by Gasteiger charge is 2.21. The Morgan fingerprint density at radius 2 is 2.03 bits per heavy atom. The normalized spacial score (nSPS) is 15.0. The van der Waals surface area contributed by atoms with Crippen LogP contribution in [-0.4, -0.2) is 43.3 Å². The zero-order valence-corrected chi connectivity index (χ0v) is 16.4. The molecule has 29 heavy (non-hydrogen) atoms. The molecule has 1 aromatic carbocycles. The molecule has 0 aliphatic carbocycles. The number of piperidine rings is 1. The van der Waals surface area contributed by atoms with Crippen LogP contribution in [0.3, 0.4) is 0 Å². The number of aryl methyl sites for hydroxylation is 1. The lowest BCUT2D eigenvalue weighted by Crippen LogP contribution is -2.34. The number of anilines is 1. The number of benzene rings is 1. The lowest BCUT2D eigenvalue weighted by atomic mass is 9.98. The van der Waals surface area contributed by atoms with Gasteiger partial charge in [-0.25, -0.2) is 9.48 Å². The van der Waals surface area contributed by atoms with E-state index in [2.05, 4.69) is 25.7 Å². The van der Waals surface area contributed by atoms with Gasteiger partial charge in [0.2, 0.25) is 5.95 Å². The van der Waals surface area contributed by atoms with Crippen molar-refractivity contribution < 1.29 is 4.79 Å². The number of rotatable bonds is 4. The van der Waals surface area contributed by atoms with Gasteiger partial charge in [0.1, 0.15) is 0 Å². The molecule has 0 saturated carbocycles. The monoisotopic (exact) mass is 397 g/mol. The van der Waals surface area contributed by atoms with Crippen molar-refractivity contribution in [1.29, 1.82) is 0 Å². The summed E-state index contributed by atoms with van der Waals surface area (Å²) in [5.74, 6) is 0.977. The quantitative estimate of drug-likeness (QED) is 0.590. The number of H-pyrrole nitrogens is 1. The molecule has 3 heterocycles. The van der Waals surface area contributed by atoms with E-state index in [0.717, 1.165) is 36.3 Å². The Morgan fingerprint density at radius 3 is 2.76 bits per heavy atom. The highest BCUT2D eigenvalue weighted by Crippen LogP contribution is 2.23. The Morgan fingerprint density at radius 1 is 1.28 bits per heavy atom. The van der Waals surface area contributed by atoms with E-state index in [4.69, 9.17) is 0 Å². The van der Waals surface area contributed by atoms with Crippen LogP contribution in [0.2, 0.25) is 0 Å². The molecule has 152 valence electrons. The second-order valence-electron chi connectivity index (χ2n) is 7.14. The van der Waals surface area contributed by atoms with E-state index in [1.54, 1.807) is 30.8 Å². The van der Waals surface area contributed by atoms with E-state index in [1.165, 1.54) is 6.07 Å². The number of nitrogens with zero attached hydrogens (tertiary/aromatic N) is 4. The minimum absolute atomic E-state index is 0.276. The molecule has 2 aromatic heterocycles.